The quantitative estimate of drug-likeness (QED) is 0.313. The van der Waals surface area contributed by atoms with Crippen LogP contribution in [-0.2, 0) is 0 Å². The van der Waals surface area contributed by atoms with Gasteiger partial charge in [-0.15, -0.1) is 0 Å². The Morgan fingerprint density at radius 3 is 2.79 bits per heavy atom. The molecule has 2 rings (SSSR count). The highest BCUT2D eigenvalue weighted by molar-refractivity contribution is 7.98. The Balaban J connectivity index is 2.28. The van der Waals surface area contributed by atoms with Crippen LogP contribution >= 0.6 is 11.8 Å². The maximum absolute atomic E-state index is 9.28. The minimum Gasteiger partial charge on any atom is -0.395 e. The number of aromatic nitrogens is 2. The van der Waals surface area contributed by atoms with E-state index in [0.29, 0.717) is 23.6 Å². The number of hydrogen-bond donors (Lipinski definition) is 3. The van der Waals surface area contributed by atoms with E-state index in [1.165, 1.54) is 24.6 Å². The Hall–Kier alpha value is -1.05. The van der Waals surface area contributed by atoms with Gasteiger partial charge in [0.2, 0.25) is 0 Å². The van der Waals surface area contributed by atoms with Gasteiger partial charge in [-0.2, -0.15) is 0 Å². The van der Waals surface area contributed by atoms with Crippen LogP contribution in [0.15, 0.2) is 11.2 Å². The molecule has 4 N–H and O–H groups in total. The van der Waals surface area contributed by atoms with Crippen molar-refractivity contribution in [2.45, 2.75) is 36.9 Å². The van der Waals surface area contributed by atoms with Crippen molar-refractivity contribution in [2.24, 2.45) is 5.84 Å². The predicted octanol–water partition coefficient (Wildman–Crippen LogP) is 1.23. The van der Waals surface area contributed by atoms with Crippen LogP contribution in [0, 0.1) is 0 Å². The number of nitrogens with one attached hydrogen (secondary N) is 1. The third-order valence-electron chi connectivity index (χ3n) is 3.42. The van der Waals surface area contributed by atoms with Crippen molar-refractivity contribution in [1.82, 2.24) is 9.97 Å². The number of anilines is 2. The maximum atomic E-state index is 9.28. The first-order chi connectivity index (χ1) is 9.28. The van der Waals surface area contributed by atoms with Gasteiger partial charge in [0.1, 0.15) is 11.6 Å². The smallest absolute Gasteiger partial charge is 0.191 e. The Labute approximate surface area is 117 Å². The number of hydrazine groups is 1. The van der Waals surface area contributed by atoms with Crippen molar-refractivity contribution in [3.8, 4) is 0 Å². The summed E-state index contributed by atoms with van der Waals surface area (Å²) in [6, 6.07) is 2.30. The van der Waals surface area contributed by atoms with E-state index in [-0.39, 0.29) is 6.61 Å². The van der Waals surface area contributed by atoms with Gasteiger partial charge in [0, 0.05) is 18.7 Å². The summed E-state index contributed by atoms with van der Waals surface area (Å²) in [5.41, 5.74) is 2.58. The van der Waals surface area contributed by atoms with Crippen LogP contribution in [0.25, 0.3) is 0 Å². The second-order valence-corrected chi connectivity index (χ2v) is 5.37. The summed E-state index contributed by atoms with van der Waals surface area (Å²) >= 11 is 1.48. The van der Waals surface area contributed by atoms with E-state index >= 15 is 0 Å². The van der Waals surface area contributed by atoms with Gasteiger partial charge in [-0.25, -0.2) is 15.8 Å². The van der Waals surface area contributed by atoms with E-state index < -0.39 is 0 Å². The minimum absolute atomic E-state index is 0.125. The molecule has 7 heteroatoms. The topological polar surface area (TPSA) is 87.3 Å². The normalized spacial score (nSPS) is 15.7. The molecule has 6 nitrogen and oxygen atoms in total. The van der Waals surface area contributed by atoms with Gasteiger partial charge in [0.15, 0.2) is 5.16 Å². The monoisotopic (exact) mass is 283 g/mol. The number of hydrogen-bond acceptors (Lipinski definition) is 7. The predicted molar refractivity (Wildman–Crippen MR) is 78.3 cm³/mol. The lowest BCUT2D eigenvalue weighted by Crippen LogP contribution is -2.36. The molecule has 106 valence electrons. The summed E-state index contributed by atoms with van der Waals surface area (Å²) < 4.78 is 0. The molecular formula is C12H21N5OS. The lowest BCUT2D eigenvalue weighted by Gasteiger charge is -2.29. The highest BCUT2D eigenvalue weighted by Gasteiger charge is 2.24. The molecule has 19 heavy (non-hydrogen) atoms. The van der Waals surface area contributed by atoms with Crippen molar-refractivity contribution in [3.05, 3.63) is 6.07 Å². The minimum atomic E-state index is 0.125. The molecule has 1 saturated carbocycles. The molecule has 1 aliphatic rings. The molecule has 1 heterocycles. The van der Waals surface area contributed by atoms with Crippen LogP contribution < -0.4 is 16.2 Å². The first-order valence-corrected chi connectivity index (χ1v) is 7.78. The molecule has 0 saturated heterocycles. The fraction of sp³-hybridized carbons (Fsp3) is 0.667. The van der Waals surface area contributed by atoms with Crippen LogP contribution in [-0.4, -0.2) is 40.5 Å². The first-order valence-electron chi connectivity index (χ1n) is 6.55. The zero-order chi connectivity index (χ0) is 13.7. The molecule has 0 aliphatic heterocycles. The molecule has 0 unspecified atom stereocenters. The van der Waals surface area contributed by atoms with E-state index in [9.17, 15) is 5.11 Å². The molecule has 0 aromatic carbocycles. The SMILES string of the molecule is CSc1nc(NN)cc(N(CCO)C2CCCC2)n1. The van der Waals surface area contributed by atoms with Crippen molar-refractivity contribution >= 4 is 23.4 Å². The second kappa shape index (κ2) is 6.93. The molecule has 1 fully saturated rings. The van der Waals surface area contributed by atoms with Crippen molar-refractivity contribution in [2.75, 3.05) is 29.7 Å². The third-order valence-corrected chi connectivity index (χ3v) is 3.97. The van der Waals surface area contributed by atoms with Crippen LogP contribution in [0.5, 0.6) is 0 Å². The average Bonchev–Trinajstić information content (AvgIpc) is 2.97. The van der Waals surface area contributed by atoms with Crippen molar-refractivity contribution in [3.63, 3.8) is 0 Å². The maximum Gasteiger partial charge on any atom is 0.191 e. The van der Waals surface area contributed by atoms with Crippen molar-refractivity contribution < 1.29 is 5.11 Å². The van der Waals surface area contributed by atoms with Gasteiger partial charge < -0.3 is 15.4 Å². The summed E-state index contributed by atoms with van der Waals surface area (Å²) in [5.74, 6) is 6.90. The number of nitrogens with zero attached hydrogens (tertiary/aromatic N) is 3. The van der Waals surface area contributed by atoms with Gasteiger partial charge in [-0.1, -0.05) is 24.6 Å². The number of aliphatic hydroxyl groups is 1. The fourth-order valence-electron chi connectivity index (χ4n) is 2.53. The Bertz CT molecular complexity index is 389. The Morgan fingerprint density at radius 2 is 2.21 bits per heavy atom. The number of nitrogens with two attached hydrogens (primary N) is 1. The van der Waals surface area contributed by atoms with Crippen LogP contribution in [0.1, 0.15) is 25.7 Å². The van der Waals surface area contributed by atoms with Gasteiger partial charge in [-0.3, -0.25) is 0 Å². The average molecular weight is 283 g/mol. The summed E-state index contributed by atoms with van der Waals surface area (Å²) in [5, 5.41) is 9.97. The molecule has 1 aliphatic carbocycles. The van der Waals surface area contributed by atoms with Gasteiger partial charge in [-0.05, 0) is 19.1 Å². The molecule has 0 atom stereocenters. The highest BCUT2D eigenvalue weighted by Crippen LogP contribution is 2.28. The summed E-state index contributed by atoms with van der Waals surface area (Å²) in [6.45, 7) is 0.722. The van der Waals surface area contributed by atoms with Crippen LogP contribution in [0.2, 0.25) is 0 Å². The van der Waals surface area contributed by atoms with Gasteiger partial charge in [0.05, 0.1) is 6.61 Å². The van der Waals surface area contributed by atoms with Gasteiger partial charge in [0.25, 0.3) is 0 Å². The molecule has 0 radical (unpaired) electrons. The molecular weight excluding hydrogens is 262 g/mol. The lowest BCUT2D eigenvalue weighted by atomic mass is 10.2. The summed E-state index contributed by atoms with van der Waals surface area (Å²) in [7, 11) is 0. The first kappa shape index (κ1) is 14.4. The largest absolute Gasteiger partial charge is 0.395 e. The zero-order valence-electron chi connectivity index (χ0n) is 11.2. The van der Waals surface area contributed by atoms with E-state index in [1.54, 1.807) is 0 Å². The van der Waals surface area contributed by atoms with E-state index in [0.717, 1.165) is 18.7 Å². The standard InChI is InChI=1S/C12H21N5OS/c1-19-12-14-10(16-13)8-11(15-12)17(6-7-18)9-4-2-3-5-9/h8-9,18H,2-7,13H2,1H3,(H,14,15,16). The molecule has 0 spiro atoms. The van der Waals surface area contributed by atoms with Crippen molar-refractivity contribution in [1.29, 1.82) is 0 Å². The second-order valence-electron chi connectivity index (χ2n) is 4.60. The molecule has 1 aromatic heterocycles. The van der Waals surface area contributed by atoms with Gasteiger partial charge >= 0.3 is 0 Å². The zero-order valence-corrected chi connectivity index (χ0v) is 12.0. The lowest BCUT2D eigenvalue weighted by molar-refractivity contribution is 0.296. The number of nitrogen functional groups attached to an aromatic ring is 1. The number of aliphatic hydroxyl groups excluding tert-OH is 1. The Morgan fingerprint density at radius 1 is 1.47 bits per heavy atom. The van der Waals surface area contributed by atoms with E-state index in [1.807, 2.05) is 12.3 Å². The Kier molecular flexibility index (Phi) is 5.24. The molecule has 0 bridgehead atoms. The highest BCUT2D eigenvalue weighted by atomic mass is 32.2. The van der Waals surface area contributed by atoms with Crippen LogP contribution in [0.4, 0.5) is 11.6 Å². The number of thioether (sulfide) groups is 1. The summed E-state index contributed by atoms with van der Waals surface area (Å²) in [6.07, 6.45) is 6.74. The van der Waals surface area contributed by atoms with E-state index in [2.05, 4.69) is 20.3 Å². The van der Waals surface area contributed by atoms with Crippen LogP contribution in [0.3, 0.4) is 0 Å². The molecule has 1 aromatic rings. The number of rotatable bonds is 6. The van der Waals surface area contributed by atoms with E-state index in [4.69, 9.17) is 5.84 Å². The third kappa shape index (κ3) is 3.49. The summed E-state index contributed by atoms with van der Waals surface area (Å²) in [4.78, 5) is 11.0. The molecule has 0 amide bonds. The fourth-order valence-corrected chi connectivity index (χ4v) is 2.91.